The van der Waals surface area contributed by atoms with Crippen molar-refractivity contribution in [1.29, 1.82) is 0 Å². The van der Waals surface area contributed by atoms with Crippen molar-refractivity contribution in [3.63, 3.8) is 0 Å². The van der Waals surface area contributed by atoms with Crippen LogP contribution in [0.1, 0.15) is 36.8 Å². The van der Waals surface area contributed by atoms with E-state index in [9.17, 15) is 9.90 Å². The molecule has 5 nitrogen and oxygen atoms in total. The lowest BCUT2D eigenvalue weighted by Gasteiger charge is -2.30. The van der Waals surface area contributed by atoms with Crippen LogP contribution < -0.4 is 5.32 Å². The van der Waals surface area contributed by atoms with Crippen molar-refractivity contribution in [2.45, 2.75) is 39.0 Å². The number of fused-ring (bicyclic) bond motifs is 2. The number of β-amino-alcohol motifs (C(OH)–C–C–N with tert-alkyl or cyclic N) is 1. The lowest BCUT2D eigenvalue weighted by Crippen LogP contribution is -2.42. The molecule has 3 heterocycles. The number of aliphatic hydroxyl groups excluding tert-OH is 1. The number of likely N-dealkylation sites (N-methyl/N-ethyl adjacent to an activating group) is 1. The Labute approximate surface area is 171 Å². The summed E-state index contributed by atoms with van der Waals surface area (Å²) >= 11 is 1.62. The Morgan fingerprint density at radius 2 is 2.00 bits per heavy atom. The van der Waals surface area contributed by atoms with Gasteiger partial charge in [0, 0.05) is 44.1 Å². The zero-order valence-corrected chi connectivity index (χ0v) is 17.5. The quantitative estimate of drug-likeness (QED) is 0.809. The maximum absolute atomic E-state index is 12.7. The second-order valence-corrected chi connectivity index (χ2v) is 9.17. The van der Waals surface area contributed by atoms with Crippen molar-refractivity contribution in [2.24, 2.45) is 0 Å². The Balaban J connectivity index is 1.31. The predicted octanol–water partition coefficient (Wildman–Crippen LogP) is 2.19. The van der Waals surface area contributed by atoms with Gasteiger partial charge in [-0.05, 0) is 49.1 Å². The molecule has 1 amide bonds. The number of nitrogens with zero attached hydrogens (tertiary/aromatic N) is 2. The number of carbonyl (C=O) groups excluding carboxylic acids is 1. The average Bonchev–Trinajstić information content (AvgIpc) is 3.02. The molecule has 0 spiro atoms. The smallest absolute Gasteiger partial charge is 0.261 e. The number of hydrogen-bond acceptors (Lipinski definition) is 5. The third-order valence-electron chi connectivity index (χ3n) is 5.89. The normalized spacial score (nSPS) is 18.4. The summed E-state index contributed by atoms with van der Waals surface area (Å²) in [6, 6.07) is 8.50. The number of benzene rings is 1. The molecule has 0 saturated heterocycles. The van der Waals surface area contributed by atoms with E-state index in [0.717, 1.165) is 49.5 Å². The fourth-order valence-electron chi connectivity index (χ4n) is 4.24. The topological polar surface area (TPSA) is 55.8 Å². The fraction of sp³-hybridized carbons (Fsp3) is 0.500. The van der Waals surface area contributed by atoms with E-state index in [1.54, 1.807) is 11.3 Å². The summed E-state index contributed by atoms with van der Waals surface area (Å²) in [5.41, 5.74) is 5.17. The Hall–Kier alpha value is -1.73. The van der Waals surface area contributed by atoms with Crippen LogP contribution in [0.3, 0.4) is 0 Å². The second-order valence-electron chi connectivity index (χ2n) is 8.06. The lowest BCUT2D eigenvalue weighted by atomic mass is 10.00. The van der Waals surface area contributed by atoms with Gasteiger partial charge in [0.25, 0.3) is 5.91 Å². The average molecular weight is 400 g/mol. The molecule has 1 aromatic carbocycles. The van der Waals surface area contributed by atoms with Crippen LogP contribution in [-0.2, 0) is 25.9 Å². The number of rotatable bonds is 5. The van der Waals surface area contributed by atoms with E-state index in [2.05, 4.69) is 46.4 Å². The molecule has 2 N–H and O–H groups in total. The van der Waals surface area contributed by atoms with Gasteiger partial charge in [-0.2, -0.15) is 0 Å². The van der Waals surface area contributed by atoms with Gasteiger partial charge in [0.2, 0.25) is 0 Å². The first-order valence-corrected chi connectivity index (χ1v) is 10.9. The molecule has 2 aromatic rings. The van der Waals surface area contributed by atoms with Gasteiger partial charge >= 0.3 is 0 Å². The molecule has 28 heavy (non-hydrogen) atoms. The number of carbonyl (C=O) groups is 1. The van der Waals surface area contributed by atoms with Crippen molar-refractivity contribution in [1.82, 2.24) is 15.1 Å². The highest BCUT2D eigenvalue weighted by Gasteiger charge is 2.24. The molecular formula is C22H29N3O2S. The molecule has 4 rings (SSSR count). The molecule has 0 radical (unpaired) electrons. The van der Waals surface area contributed by atoms with Crippen LogP contribution in [-0.4, -0.2) is 60.1 Å². The van der Waals surface area contributed by atoms with Crippen LogP contribution in [0.15, 0.2) is 24.3 Å². The summed E-state index contributed by atoms with van der Waals surface area (Å²) in [5, 5.41) is 13.4. The van der Waals surface area contributed by atoms with E-state index in [1.165, 1.54) is 21.6 Å². The zero-order chi connectivity index (χ0) is 19.7. The summed E-state index contributed by atoms with van der Waals surface area (Å²) in [5.74, 6) is -0.0532. The molecule has 0 aliphatic carbocycles. The molecule has 0 fully saturated rings. The summed E-state index contributed by atoms with van der Waals surface area (Å²) < 4.78 is 0. The van der Waals surface area contributed by atoms with E-state index < -0.39 is 6.10 Å². The molecule has 0 saturated carbocycles. The Morgan fingerprint density at radius 1 is 1.21 bits per heavy atom. The van der Waals surface area contributed by atoms with E-state index >= 15 is 0 Å². The maximum Gasteiger partial charge on any atom is 0.261 e. The van der Waals surface area contributed by atoms with Gasteiger partial charge in [-0.3, -0.25) is 9.69 Å². The number of hydrogen-bond donors (Lipinski definition) is 2. The molecule has 2 aliphatic rings. The van der Waals surface area contributed by atoms with Gasteiger partial charge in [-0.25, -0.2) is 0 Å². The summed E-state index contributed by atoms with van der Waals surface area (Å²) in [6.45, 7) is 6.71. The monoisotopic (exact) mass is 399 g/mol. The van der Waals surface area contributed by atoms with E-state index in [4.69, 9.17) is 0 Å². The lowest BCUT2D eigenvalue weighted by molar-refractivity contribution is 0.0844. The minimum atomic E-state index is -0.560. The molecule has 6 heteroatoms. The van der Waals surface area contributed by atoms with E-state index in [1.807, 2.05) is 6.92 Å². The van der Waals surface area contributed by atoms with Crippen LogP contribution in [0.25, 0.3) is 0 Å². The maximum atomic E-state index is 12.7. The molecule has 150 valence electrons. The van der Waals surface area contributed by atoms with Gasteiger partial charge in [0.1, 0.15) is 0 Å². The second kappa shape index (κ2) is 8.33. The predicted molar refractivity (Wildman–Crippen MR) is 113 cm³/mol. The first kappa shape index (κ1) is 19.6. The van der Waals surface area contributed by atoms with E-state index in [-0.39, 0.29) is 5.91 Å². The summed E-state index contributed by atoms with van der Waals surface area (Å²) in [7, 11) is 2.12. The molecule has 1 unspecified atom stereocenters. The number of nitrogens with one attached hydrogen (secondary N) is 1. The van der Waals surface area contributed by atoms with Gasteiger partial charge in [-0.15, -0.1) is 11.3 Å². The molecular weight excluding hydrogens is 370 g/mol. The van der Waals surface area contributed by atoms with Crippen LogP contribution in [0.2, 0.25) is 0 Å². The van der Waals surface area contributed by atoms with Crippen LogP contribution in [0.5, 0.6) is 0 Å². The minimum Gasteiger partial charge on any atom is -0.390 e. The van der Waals surface area contributed by atoms with Gasteiger partial charge in [0.15, 0.2) is 0 Å². The minimum absolute atomic E-state index is 0.0532. The highest BCUT2D eigenvalue weighted by molar-refractivity contribution is 7.14. The van der Waals surface area contributed by atoms with Crippen molar-refractivity contribution >= 4 is 17.2 Å². The van der Waals surface area contributed by atoms with Gasteiger partial charge < -0.3 is 15.3 Å². The standard InChI is InChI=1S/C22H29N3O2S/c1-15-19-14-24(2)9-8-20(19)28-21(15)22(27)23-11-18(26)13-25-10-7-16-5-3-4-6-17(16)12-25/h3-6,18,26H,7-14H2,1-2H3,(H,23,27). The zero-order valence-electron chi connectivity index (χ0n) is 16.7. The Kier molecular flexibility index (Phi) is 5.83. The number of amides is 1. The third-order valence-corrected chi connectivity index (χ3v) is 7.28. The van der Waals surface area contributed by atoms with Gasteiger partial charge in [0.05, 0.1) is 11.0 Å². The Bertz CT molecular complexity index is 863. The SMILES string of the molecule is Cc1c(C(=O)NCC(O)CN2CCc3ccccc3C2)sc2c1CN(C)CC2. The largest absolute Gasteiger partial charge is 0.390 e. The first-order valence-electron chi connectivity index (χ1n) is 10.1. The highest BCUT2D eigenvalue weighted by atomic mass is 32.1. The summed E-state index contributed by atoms with van der Waals surface area (Å²) in [4.78, 5) is 19.4. The van der Waals surface area contributed by atoms with Gasteiger partial charge in [-0.1, -0.05) is 24.3 Å². The van der Waals surface area contributed by atoms with Crippen molar-refractivity contribution in [3.05, 3.63) is 56.3 Å². The van der Waals surface area contributed by atoms with Crippen LogP contribution >= 0.6 is 11.3 Å². The molecule has 0 bridgehead atoms. The fourth-order valence-corrected chi connectivity index (χ4v) is 5.46. The van der Waals surface area contributed by atoms with E-state index in [0.29, 0.717) is 13.1 Å². The summed E-state index contributed by atoms with van der Waals surface area (Å²) in [6.07, 6.45) is 1.48. The number of aliphatic hydroxyl groups is 1. The molecule has 1 atom stereocenters. The first-order chi connectivity index (χ1) is 13.5. The number of thiophene rings is 1. The van der Waals surface area contributed by atoms with Crippen molar-refractivity contribution in [3.8, 4) is 0 Å². The highest BCUT2D eigenvalue weighted by Crippen LogP contribution is 2.32. The van der Waals surface area contributed by atoms with Crippen LogP contribution in [0.4, 0.5) is 0 Å². The van der Waals surface area contributed by atoms with Crippen LogP contribution in [0, 0.1) is 6.92 Å². The van der Waals surface area contributed by atoms with Crippen molar-refractivity contribution in [2.75, 3.05) is 33.2 Å². The Morgan fingerprint density at radius 3 is 2.82 bits per heavy atom. The molecule has 1 aromatic heterocycles. The molecule has 2 aliphatic heterocycles. The van der Waals surface area contributed by atoms with Crippen molar-refractivity contribution < 1.29 is 9.90 Å². The third kappa shape index (κ3) is 4.15.